The zero-order chi connectivity index (χ0) is 18.3. The number of esters is 1. The predicted octanol–water partition coefficient (Wildman–Crippen LogP) is 0.189. The molecule has 132 valence electrons. The van der Waals surface area contributed by atoms with Gasteiger partial charge in [0.15, 0.2) is 12.4 Å². The van der Waals surface area contributed by atoms with Gasteiger partial charge in [0.2, 0.25) is 10.0 Å². The van der Waals surface area contributed by atoms with Crippen LogP contribution in [-0.4, -0.2) is 58.2 Å². The number of amides is 1. The Labute approximate surface area is 140 Å². The van der Waals surface area contributed by atoms with Crippen LogP contribution in [-0.2, 0) is 24.3 Å². The summed E-state index contributed by atoms with van der Waals surface area (Å²) in [5.74, 6) is -1.21. The molecule has 0 saturated heterocycles. The molecule has 1 N–H and O–H groups in total. The van der Waals surface area contributed by atoms with Crippen LogP contribution in [0.1, 0.15) is 23.7 Å². The zero-order valence-corrected chi connectivity index (χ0v) is 14.6. The summed E-state index contributed by atoms with van der Waals surface area (Å²) in [6.45, 7) is 0.839. The van der Waals surface area contributed by atoms with Crippen LogP contribution >= 0.6 is 0 Å². The standard InChI is InChI=1S/C15H20N2O6S/c1-11(18)12-4-6-13(7-5-12)24(21,22)16-9-8-15(20)23-10-14(19)17(2)3/h4-7,16H,8-10H2,1-3H3. The van der Waals surface area contributed by atoms with Crippen LogP contribution < -0.4 is 4.72 Å². The normalized spacial score (nSPS) is 11.0. The second-order valence-corrected chi connectivity index (χ2v) is 6.94. The number of benzene rings is 1. The fourth-order valence-electron chi connectivity index (χ4n) is 1.58. The SMILES string of the molecule is CC(=O)c1ccc(S(=O)(=O)NCCC(=O)OCC(=O)N(C)C)cc1. The molecule has 0 aromatic heterocycles. The number of carbonyl (C=O) groups excluding carboxylic acids is 3. The summed E-state index contributed by atoms with van der Waals surface area (Å²) in [6, 6.07) is 5.45. The molecular formula is C15H20N2O6S. The smallest absolute Gasteiger partial charge is 0.307 e. The first kappa shape index (κ1) is 19.8. The van der Waals surface area contributed by atoms with E-state index in [1.165, 1.54) is 50.2 Å². The fourth-order valence-corrected chi connectivity index (χ4v) is 2.61. The van der Waals surface area contributed by atoms with Crippen LogP contribution in [0.2, 0.25) is 0 Å². The predicted molar refractivity (Wildman–Crippen MR) is 85.9 cm³/mol. The molecule has 0 heterocycles. The van der Waals surface area contributed by atoms with Crippen molar-refractivity contribution in [1.82, 2.24) is 9.62 Å². The summed E-state index contributed by atoms with van der Waals surface area (Å²) in [5.41, 5.74) is 0.406. The number of hydrogen-bond acceptors (Lipinski definition) is 6. The minimum atomic E-state index is -3.79. The van der Waals surface area contributed by atoms with Crippen LogP contribution in [0, 0.1) is 0 Å². The van der Waals surface area contributed by atoms with E-state index in [1.807, 2.05) is 0 Å². The number of nitrogens with zero attached hydrogens (tertiary/aromatic N) is 1. The quantitative estimate of drug-likeness (QED) is 0.526. The third-order valence-corrected chi connectivity index (χ3v) is 4.52. The van der Waals surface area contributed by atoms with E-state index in [1.54, 1.807) is 0 Å². The van der Waals surface area contributed by atoms with Gasteiger partial charge in [-0.15, -0.1) is 0 Å². The Bertz CT molecular complexity index is 710. The highest BCUT2D eigenvalue weighted by atomic mass is 32.2. The van der Waals surface area contributed by atoms with Crippen LogP contribution in [0.4, 0.5) is 0 Å². The van der Waals surface area contributed by atoms with Crippen molar-refractivity contribution in [3.63, 3.8) is 0 Å². The van der Waals surface area contributed by atoms with E-state index in [4.69, 9.17) is 4.74 Å². The molecule has 0 fully saturated rings. The molecule has 1 amide bonds. The van der Waals surface area contributed by atoms with Crippen LogP contribution in [0.25, 0.3) is 0 Å². The lowest BCUT2D eigenvalue weighted by atomic mass is 10.2. The molecule has 24 heavy (non-hydrogen) atoms. The van der Waals surface area contributed by atoms with Crippen LogP contribution in [0.15, 0.2) is 29.2 Å². The summed E-state index contributed by atoms with van der Waals surface area (Å²) in [6.07, 6.45) is -0.203. The molecule has 0 radical (unpaired) electrons. The van der Waals surface area contributed by atoms with Gasteiger partial charge in [-0.25, -0.2) is 13.1 Å². The van der Waals surface area contributed by atoms with Crippen LogP contribution in [0.5, 0.6) is 0 Å². The van der Waals surface area contributed by atoms with Gasteiger partial charge in [-0.1, -0.05) is 12.1 Å². The van der Waals surface area contributed by atoms with E-state index >= 15 is 0 Å². The van der Waals surface area contributed by atoms with Gasteiger partial charge >= 0.3 is 5.97 Å². The average molecular weight is 356 g/mol. The van der Waals surface area contributed by atoms with Crippen molar-refractivity contribution in [2.75, 3.05) is 27.2 Å². The third-order valence-electron chi connectivity index (χ3n) is 3.05. The Morgan fingerprint density at radius 3 is 2.21 bits per heavy atom. The van der Waals surface area contributed by atoms with Crippen molar-refractivity contribution in [3.8, 4) is 0 Å². The second-order valence-electron chi connectivity index (χ2n) is 5.18. The summed E-state index contributed by atoms with van der Waals surface area (Å²) >= 11 is 0. The summed E-state index contributed by atoms with van der Waals surface area (Å²) < 4.78 is 31.1. The molecule has 1 aromatic rings. The van der Waals surface area contributed by atoms with Crippen molar-refractivity contribution in [1.29, 1.82) is 0 Å². The highest BCUT2D eigenvalue weighted by Gasteiger charge is 2.15. The van der Waals surface area contributed by atoms with Crippen molar-refractivity contribution >= 4 is 27.7 Å². The fraction of sp³-hybridized carbons (Fsp3) is 0.400. The van der Waals surface area contributed by atoms with Gasteiger partial charge in [0.25, 0.3) is 5.91 Å². The van der Waals surface area contributed by atoms with Gasteiger partial charge in [0, 0.05) is 26.2 Å². The lowest BCUT2D eigenvalue weighted by Crippen LogP contribution is -2.29. The molecule has 8 nitrogen and oxygen atoms in total. The molecule has 0 spiro atoms. The lowest BCUT2D eigenvalue weighted by Gasteiger charge is -2.10. The maximum Gasteiger partial charge on any atom is 0.307 e. The number of ether oxygens (including phenoxy) is 1. The number of nitrogens with one attached hydrogen (secondary N) is 1. The van der Waals surface area contributed by atoms with Crippen molar-refractivity contribution in [2.24, 2.45) is 0 Å². The number of Topliss-reactive ketones (excluding diaryl/α,β-unsaturated/α-hetero) is 1. The van der Waals surface area contributed by atoms with Gasteiger partial charge in [0.05, 0.1) is 11.3 Å². The number of hydrogen-bond donors (Lipinski definition) is 1. The molecule has 9 heteroatoms. The Morgan fingerprint density at radius 2 is 1.71 bits per heavy atom. The molecule has 0 atom stereocenters. The minimum Gasteiger partial charge on any atom is -0.456 e. The van der Waals surface area contributed by atoms with Gasteiger partial charge in [-0.05, 0) is 19.1 Å². The van der Waals surface area contributed by atoms with Crippen molar-refractivity contribution < 1.29 is 27.5 Å². The Balaban J connectivity index is 2.49. The molecule has 0 unspecified atom stereocenters. The minimum absolute atomic E-state index is 0.0105. The molecule has 0 aliphatic heterocycles. The number of carbonyl (C=O) groups is 3. The number of sulfonamides is 1. The topological polar surface area (TPSA) is 110 Å². The Morgan fingerprint density at radius 1 is 1.12 bits per heavy atom. The van der Waals surface area contributed by atoms with Crippen molar-refractivity contribution in [2.45, 2.75) is 18.2 Å². The summed E-state index contributed by atoms with van der Waals surface area (Å²) in [5, 5.41) is 0. The summed E-state index contributed by atoms with van der Waals surface area (Å²) in [7, 11) is -0.728. The van der Waals surface area contributed by atoms with E-state index in [2.05, 4.69) is 4.72 Å². The first-order valence-electron chi connectivity index (χ1n) is 7.10. The van der Waals surface area contributed by atoms with Gasteiger partial charge in [-0.2, -0.15) is 0 Å². The maximum absolute atomic E-state index is 12.0. The second kappa shape index (κ2) is 8.55. The zero-order valence-electron chi connectivity index (χ0n) is 13.7. The highest BCUT2D eigenvalue weighted by Crippen LogP contribution is 2.11. The molecule has 0 aliphatic carbocycles. The highest BCUT2D eigenvalue weighted by molar-refractivity contribution is 7.89. The number of likely N-dealkylation sites (N-methyl/N-ethyl adjacent to an activating group) is 1. The van der Waals surface area contributed by atoms with E-state index < -0.39 is 16.0 Å². The monoisotopic (exact) mass is 356 g/mol. The third kappa shape index (κ3) is 6.09. The van der Waals surface area contributed by atoms with Crippen LogP contribution in [0.3, 0.4) is 0 Å². The molecule has 1 rings (SSSR count). The Hall–Kier alpha value is -2.26. The van der Waals surface area contributed by atoms with Crippen molar-refractivity contribution in [3.05, 3.63) is 29.8 Å². The lowest BCUT2D eigenvalue weighted by molar-refractivity contribution is -0.150. The van der Waals surface area contributed by atoms with E-state index in [9.17, 15) is 22.8 Å². The van der Waals surface area contributed by atoms with E-state index in [0.717, 1.165) is 0 Å². The molecular weight excluding hydrogens is 336 g/mol. The first-order chi connectivity index (χ1) is 11.1. The summed E-state index contributed by atoms with van der Waals surface area (Å²) in [4.78, 5) is 35.1. The van der Waals surface area contributed by atoms with E-state index in [0.29, 0.717) is 5.56 Å². The largest absolute Gasteiger partial charge is 0.456 e. The maximum atomic E-state index is 12.0. The number of ketones is 1. The van der Waals surface area contributed by atoms with E-state index in [-0.39, 0.29) is 36.2 Å². The van der Waals surface area contributed by atoms with Gasteiger partial charge in [0.1, 0.15) is 0 Å². The average Bonchev–Trinajstić information content (AvgIpc) is 2.52. The molecule has 0 bridgehead atoms. The van der Waals surface area contributed by atoms with Gasteiger partial charge in [-0.3, -0.25) is 14.4 Å². The number of rotatable bonds is 8. The molecule has 1 aromatic carbocycles. The van der Waals surface area contributed by atoms with Gasteiger partial charge < -0.3 is 9.64 Å². The molecule has 0 saturated carbocycles. The molecule has 0 aliphatic rings. The Kier molecular flexibility index (Phi) is 7.05. The first-order valence-corrected chi connectivity index (χ1v) is 8.58.